The molecular weight excluding hydrogens is 360 g/mol. The molecule has 1 fully saturated rings. The van der Waals surface area contributed by atoms with Gasteiger partial charge in [0, 0.05) is 31.2 Å². The molecule has 140 valence electrons. The van der Waals surface area contributed by atoms with E-state index in [4.69, 9.17) is 11.6 Å². The molecule has 0 aromatic heterocycles. The quantitative estimate of drug-likeness (QED) is 0.685. The molecule has 25 heavy (non-hydrogen) atoms. The van der Waals surface area contributed by atoms with Gasteiger partial charge in [0.2, 0.25) is 10.0 Å². The van der Waals surface area contributed by atoms with E-state index < -0.39 is 10.0 Å². The van der Waals surface area contributed by atoms with Gasteiger partial charge in [0.25, 0.3) is 5.91 Å². The smallest absolute Gasteiger partial charge is 0.254 e. The molecule has 1 aliphatic rings. The molecule has 1 amide bonds. The minimum atomic E-state index is -3.71. The number of rotatable bonds is 8. The van der Waals surface area contributed by atoms with Crippen LogP contribution in [0, 0.1) is 5.92 Å². The second-order valence-corrected chi connectivity index (χ2v) is 9.13. The van der Waals surface area contributed by atoms with Gasteiger partial charge in [-0.25, -0.2) is 8.42 Å². The fraction of sp³-hybridized carbons (Fsp3) is 0.611. The Hall–Kier alpha value is -1.11. The molecule has 0 radical (unpaired) electrons. The zero-order valence-corrected chi connectivity index (χ0v) is 16.9. The molecular formula is C18H27ClN2O3S. The molecule has 0 saturated heterocycles. The van der Waals surface area contributed by atoms with Gasteiger partial charge in [-0.2, -0.15) is 4.31 Å². The molecule has 7 heteroatoms. The molecule has 0 bridgehead atoms. The zero-order valence-electron chi connectivity index (χ0n) is 15.3. The number of halogens is 1. The van der Waals surface area contributed by atoms with Crippen LogP contribution in [0.4, 0.5) is 0 Å². The summed E-state index contributed by atoms with van der Waals surface area (Å²) < 4.78 is 26.9. The average molecular weight is 387 g/mol. The van der Waals surface area contributed by atoms with Crippen LogP contribution in [0.2, 0.25) is 5.02 Å². The Balaban J connectivity index is 2.39. The molecule has 1 saturated carbocycles. The number of hydrogen-bond acceptors (Lipinski definition) is 3. The highest BCUT2D eigenvalue weighted by Crippen LogP contribution is 2.31. The van der Waals surface area contributed by atoms with Gasteiger partial charge < -0.3 is 4.90 Å². The number of benzene rings is 1. The van der Waals surface area contributed by atoms with E-state index >= 15 is 0 Å². The van der Waals surface area contributed by atoms with Crippen molar-refractivity contribution in [3.63, 3.8) is 0 Å². The summed E-state index contributed by atoms with van der Waals surface area (Å²) in [5.41, 5.74) is 0.377. The van der Waals surface area contributed by atoms with E-state index in [9.17, 15) is 13.2 Å². The number of hydrogen-bond donors (Lipinski definition) is 0. The molecule has 0 N–H and O–H groups in total. The van der Waals surface area contributed by atoms with E-state index in [1.54, 1.807) is 19.9 Å². The second kappa shape index (κ2) is 8.06. The van der Waals surface area contributed by atoms with Crippen molar-refractivity contribution in [3.05, 3.63) is 28.8 Å². The van der Waals surface area contributed by atoms with Crippen LogP contribution in [0.3, 0.4) is 0 Å². The lowest BCUT2D eigenvalue weighted by Gasteiger charge is -2.25. The van der Waals surface area contributed by atoms with Crippen molar-refractivity contribution in [2.75, 3.05) is 19.6 Å². The van der Waals surface area contributed by atoms with Crippen LogP contribution in [0.1, 0.15) is 50.9 Å². The van der Waals surface area contributed by atoms with E-state index in [1.165, 1.54) is 16.4 Å². The third-order valence-electron chi connectivity index (χ3n) is 4.31. The third kappa shape index (κ3) is 4.54. The van der Waals surface area contributed by atoms with Crippen LogP contribution in [0.25, 0.3) is 0 Å². The van der Waals surface area contributed by atoms with Crippen LogP contribution in [0.15, 0.2) is 23.1 Å². The fourth-order valence-corrected chi connectivity index (χ4v) is 4.84. The molecule has 0 spiro atoms. The molecule has 0 atom stereocenters. The Morgan fingerprint density at radius 3 is 2.32 bits per heavy atom. The van der Waals surface area contributed by atoms with Crippen molar-refractivity contribution in [1.29, 1.82) is 0 Å². The van der Waals surface area contributed by atoms with Gasteiger partial charge in [0.1, 0.15) is 4.90 Å². The summed E-state index contributed by atoms with van der Waals surface area (Å²) in [4.78, 5) is 14.8. The van der Waals surface area contributed by atoms with Gasteiger partial charge in [-0.3, -0.25) is 4.79 Å². The molecule has 1 aliphatic carbocycles. The van der Waals surface area contributed by atoms with E-state index in [0.29, 0.717) is 31.1 Å². The summed E-state index contributed by atoms with van der Waals surface area (Å²) in [5.74, 6) is 0.236. The van der Waals surface area contributed by atoms with Crippen LogP contribution in [-0.4, -0.2) is 49.2 Å². The highest BCUT2D eigenvalue weighted by atomic mass is 35.5. The summed E-state index contributed by atoms with van der Waals surface area (Å²) >= 11 is 6.15. The Morgan fingerprint density at radius 2 is 1.84 bits per heavy atom. The first kappa shape index (κ1) is 20.2. The van der Waals surface area contributed by atoms with Gasteiger partial charge in [0.15, 0.2) is 0 Å². The minimum absolute atomic E-state index is 0.00371. The Bertz CT molecular complexity index is 726. The molecule has 5 nitrogen and oxygen atoms in total. The van der Waals surface area contributed by atoms with Gasteiger partial charge >= 0.3 is 0 Å². The van der Waals surface area contributed by atoms with E-state index in [1.807, 2.05) is 4.90 Å². The largest absolute Gasteiger partial charge is 0.335 e. The molecule has 0 aliphatic heterocycles. The summed E-state index contributed by atoms with van der Waals surface area (Å²) in [5, 5.41) is 0.144. The standard InChI is InChI=1S/C18H27ClN2O3S/c1-5-20(6-2)25(23,24)17-11-14(7-10-16(17)19)18(22)21(12-13(3)4)15-8-9-15/h7,10-11,13,15H,5-6,8-9,12H2,1-4H3. The van der Waals surface area contributed by atoms with Crippen molar-refractivity contribution in [2.24, 2.45) is 5.92 Å². The highest BCUT2D eigenvalue weighted by Gasteiger charge is 2.34. The van der Waals surface area contributed by atoms with Crippen molar-refractivity contribution >= 4 is 27.5 Å². The maximum Gasteiger partial charge on any atom is 0.254 e. The molecule has 0 unspecified atom stereocenters. The number of carbonyl (C=O) groups excluding carboxylic acids is 1. The minimum Gasteiger partial charge on any atom is -0.335 e. The first-order valence-electron chi connectivity index (χ1n) is 8.83. The van der Waals surface area contributed by atoms with Crippen LogP contribution >= 0.6 is 11.6 Å². The molecule has 2 rings (SSSR count). The van der Waals surface area contributed by atoms with Crippen LogP contribution in [-0.2, 0) is 10.0 Å². The lowest BCUT2D eigenvalue weighted by molar-refractivity contribution is 0.0722. The number of nitrogens with zero attached hydrogens (tertiary/aromatic N) is 2. The van der Waals surface area contributed by atoms with Gasteiger partial charge in [0.05, 0.1) is 5.02 Å². The number of carbonyl (C=O) groups is 1. The van der Waals surface area contributed by atoms with E-state index in [0.717, 1.165) is 12.8 Å². The maximum atomic E-state index is 12.9. The predicted molar refractivity (Wildman–Crippen MR) is 100 cm³/mol. The van der Waals surface area contributed by atoms with Gasteiger partial charge in [-0.1, -0.05) is 39.3 Å². The van der Waals surface area contributed by atoms with Crippen molar-refractivity contribution < 1.29 is 13.2 Å². The zero-order chi connectivity index (χ0) is 18.8. The van der Waals surface area contributed by atoms with Crippen molar-refractivity contribution in [3.8, 4) is 0 Å². The number of sulfonamides is 1. The lowest BCUT2D eigenvalue weighted by atomic mass is 10.1. The highest BCUT2D eigenvalue weighted by molar-refractivity contribution is 7.89. The summed E-state index contributed by atoms with van der Waals surface area (Å²) in [6, 6.07) is 4.81. The normalized spacial score (nSPS) is 15.0. The first-order valence-corrected chi connectivity index (χ1v) is 10.6. The van der Waals surface area contributed by atoms with Crippen molar-refractivity contribution in [2.45, 2.75) is 51.5 Å². The molecule has 1 aromatic rings. The number of amides is 1. The average Bonchev–Trinajstić information content (AvgIpc) is 3.37. The summed E-state index contributed by atoms with van der Waals surface area (Å²) in [7, 11) is -3.71. The Kier molecular flexibility index (Phi) is 6.51. The molecule has 1 aromatic carbocycles. The van der Waals surface area contributed by atoms with Crippen LogP contribution in [0.5, 0.6) is 0 Å². The maximum absolute atomic E-state index is 12.9. The van der Waals surface area contributed by atoms with Crippen LogP contribution < -0.4 is 0 Å². The Labute approximate surface area is 156 Å². The van der Waals surface area contributed by atoms with Gasteiger partial charge in [-0.15, -0.1) is 0 Å². The third-order valence-corrected chi connectivity index (χ3v) is 6.84. The first-order chi connectivity index (χ1) is 11.7. The molecule has 0 heterocycles. The van der Waals surface area contributed by atoms with Crippen molar-refractivity contribution in [1.82, 2.24) is 9.21 Å². The Morgan fingerprint density at radius 1 is 1.24 bits per heavy atom. The fourth-order valence-electron chi connectivity index (χ4n) is 2.88. The van der Waals surface area contributed by atoms with Gasteiger partial charge in [-0.05, 0) is 37.0 Å². The topological polar surface area (TPSA) is 57.7 Å². The van der Waals surface area contributed by atoms with E-state index in [2.05, 4.69) is 13.8 Å². The predicted octanol–water partition coefficient (Wildman–Crippen LogP) is 3.63. The lowest BCUT2D eigenvalue weighted by Crippen LogP contribution is -2.36. The summed E-state index contributed by atoms with van der Waals surface area (Å²) in [6.07, 6.45) is 2.02. The second-order valence-electron chi connectivity index (χ2n) is 6.82. The van der Waals surface area contributed by atoms with E-state index in [-0.39, 0.29) is 21.9 Å². The summed E-state index contributed by atoms with van der Waals surface area (Å²) in [6.45, 7) is 9.08. The monoisotopic (exact) mass is 386 g/mol. The SMILES string of the molecule is CCN(CC)S(=O)(=O)c1cc(C(=O)N(CC(C)C)C2CC2)ccc1Cl.